The highest BCUT2D eigenvalue weighted by Crippen LogP contribution is 2.13. The molecule has 0 unspecified atom stereocenters. The Balaban J connectivity index is 2.11. The normalized spacial score (nSPS) is 10.2. The Labute approximate surface area is 107 Å². The van der Waals surface area contributed by atoms with Crippen LogP contribution in [0.25, 0.3) is 0 Å². The second-order valence-electron chi connectivity index (χ2n) is 3.73. The second kappa shape index (κ2) is 5.23. The van der Waals surface area contributed by atoms with Gasteiger partial charge in [-0.05, 0) is 42.0 Å². The summed E-state index contributed by atoms with van der Waals surface area (Å²) in [5, 5.41) is 0. The Morgan fingerprint density at radius 2 is 1.59 bits per heavy atom. The number of benzene rings is 2. The highest BCUT2D eigenvalue weighted by atomic mass is 79.9. The van der Waals surface area contributed by atoms with Crippen molar-refractivity contribution in [2.45, 2.75) is 6.42 Å². The van der Waals surface area contributed by atoms with E-state index in [1.165, 1.54) is 24.3 Å². The van der Waals surface area contributed by atoms with Crippen LogP contribution in [-0.4, -0.2) is 5.78 Å². The summed E-state index contributed by atoms with van der Waals surface area (Å²) >= 11 is 3.34. The molecule has 0 aliphatic rings. The first kappa shape index (κ1) is 12.0. The average Bonchev–Trinajstić information content (AvgIpc) is 2.33. The number of ketones is 1. The molecule has 2 rings (SSSR count). The van der Waals surface area contributed by atoms with Gasteiger partial charge in [0.25, 0.3) is 0 Å². The number of carbonyl (C=O) groups excluding carboxylic acids is 1. The number of hydrogen-bond acceptors (Lipinski definition) is 1. The molecule has 17 heavy (non-hydrogen) atoms. The van der Waals surface area contributed by atoms with Crippen molar-refractivity contribution in [3.63, 3.8) is 0 Å². The van der Waals surface area contributed by atoms with Gasteiger partial charge in [-0.15, -0.1) is 0 Å². The number of hydrogen-bond donors (Lipinski definition) is 0. The van der Waals surface area contributed by atoms with Crippen LogP contribution in [0.4, 0.5) is 4.39 Å². The van der Waals surface area contributed by atoms with Crippen LogP contribution in [0.5, 0.6) is 0 Å². The lowest BCUT2D eigenvalue weighted by atomic mass is 10.0. The predicted octanol–water partition coefficient (Wildman–Crippen LogP) is 4.01. The van der Waals surface area contributed by atoms with E-state index in [0.29, 0.717) is 12.0 Å². The third kappa shape index (κ3) is 3.24. The Morgan fingerprint density at radius 1 is 1.00 bits per heavy atom. The maximum absolute atomic E-state index is 12.7. The lowest BCUT2D eigenvalue weighted by Gasteiger charge is -2.01. The van der Waals surface area contributed by atoms with Gasteiger partial charge >= 0.3 is 0 Å². The van der Waals surface area contributed by atoms with Crippen molar-refractivity contribution >= 4 is 21.7 Å². The number of carbonyl (C=O) groups is 1. The molecule has 86 valence electrons. The zero-order valence-electron chi connectivity index (χ0n) is 8.99. The molecule has 0 aromatic heterocycles. The van der Waals surface area contributed by atoms with Crippen molar-refractivity contribution < 1.29 is 9.18 Å². The zero-order valence-corrected chi connectivity index (χ0v) is 10.6. The van der Waals surface area contributed by atoms with Gasteiger partial charge in [0.15, 0.2) is 5.78 Å². The fourth-order valence-corrected chi connectivity index (χ4v) is 1.79. The third-order valence-electron chi connectivity index (χ3n) is 2.44. The topological polar surface area (TPSA) is 17.1 Å². The monoisotopic (exact) mass is 292 g/mol. The molecule has 0 atom stereocenters. The first-order chi connectivity index (χ1) is 8.15. The van der Waals surface area contributed by atoms with E-state index >= 15 is 0 Å². The van der Waals surface area contributed by atoms with E-state index in [1.54, 1.807) is 0 Å². The summed E-state index contributed by atoms with van der Waals surface area (Å²) in [6.07, 6.45) is 0.332. The van der Waals surface area contributed by atoms with Crippen molar-refractivity contribution in [2.24, 2.45) is 0 Å². The van der Waals surface area contributed by atoms with Crippen molar-refractivity contribution in [3.8, 4) is 0 Å². The number of Topliss-reactive ketones (excluding diaryl/α,β-unsaturated/α-hetero) is 1. The smallest absolute Gasteiger partial charge is 0.167 e. The lowest BCUT2D eigenvalue weighted by molar-refractivity contribution is 0.0993. The Morgan fingerprint density at radius 3 is 2.18 bits per heavy atom. The largest absolute Gasteiger partial charge is 0.294 e. The predicted molar refractivity (Wildman–Crippen MR) is 68.6 cm³/mol. The molecule has 0 radical (unpaired) electrons. The Bertz CT molecular complexity index is 517. The lowest BCUT2D eigenvalue weighted by Crippen LogP contribution is -2.03. The molecule has 2 aromatic carbocycles. The van der Waals surface area contributed by atoms with E-state index in [2.05, 4.69) is 15.9 Å². The summed E-state index contributed by atoms with van der Waals surface area (Å²) in [7, 11) is 0. The van der Waals surface area contributed by atoms with E-state index < -0.39 is 0 Å². The molecule has 0 saturated carbocycles. The summed E-state index contributed by atoms with van der Waals surface area (Å²) in [4.78, 5) is 11.9. The van der Waals surface area contributed by atoms with Gasteiger partial charge in [0.1, 0.15) is 5.82 Å². The molecule has 3 heteroatoms. The van der Waals surface area contributed by atoms with E-state index in [4.69, 9.17) is 0 Å². The molecular weight excluding hydrogens is 283 g/mol. The van der Waals surface area contributed by atoms with Crippen molar-refractivity contribution in [1.29, 1.82) is 0 Å². The molecule has 1 nitrogen and oxygen atoms in total. The van der Waals surface area contributed by atoms with Crippen molar-refractivity contribution in [1.82, 2.24) is 0 Å². The highest BCUT2D eigenvalue weighted by molar-refractivity contribution is 9.10. The van der Waals surface area contributed by atoms with Crippen molar-refractivity contribution in [3.05, 3.63) is 69.9 Å². The first-order valence-electron chi connectivity index (χ1n) is 5.18. The van der Waals surface area contributed by atoms with Gasteiger partial charge < -0.3 is 0 Å². The minimum Gasteiger partial charge on any atom is -0.294 e. The van der Waals surface area contributed by atoms with Crippen LogP contribution < -0.4 is 0 Å². The van der Waals surface area contributed by atoms with E-state index in [9.17, 15) is 9.18 Å². The molecule has 0 aliphatic heterocycles. The van der Waals surface area contributed by atoms with Gasteiger partial charge in [0.2, 0.25) is 0 Å². The van der Waals surface area contributed by atoms with E-state index in [0.717, 1.165) is 10.0 Å². The SMILES string of the molecule is O=C(Cc1ccc(Br)cc1)c1ccc(F)cc1. The molecule has 0 heterocycles. The maximum atomic E-state index is 12.7. The highest BCUT2D eigenvalue weighted by Gasteiger charge is 2.06. The molecule has 0 saturated heterocycles. The molecule has 0 fully saturated rings. The van der Waals surface area contributed by atoms with E-state index in [1.807, 2.05) is 24.3 Å². The van der Waals surface area contributed by atoms with Gasteiger partial charge in [-0.2, -0.15) is 0 Å². The van der Waals surface area contributed by atoms with Crippen LogP contribution in [0, 0.1) is 5.82 Å². The molecule has 0 aliphatic carbocycles. The van der Waals surface area contributed by atoms with Gasteiger partial charge in [0, 0.05) is 16.5 Å². The Kier molecular flexibility index (Phi) is 3.69. The molecule has 2 aromatic rings. The Hall–Kier alpha value is -1.48. The zero-order chi connectivity index (χ0) is 12.3. The van der Waals surface area contributed by atoms with Gasteiger partial charge in [-0.25, -0.2) is 4.39 Å². The summed E-state index contributed by atoms with van der Waals surface area (Å²) < 4.78 is 13.7. The van der Waals surface area contributed by atoms with Crippen LogP contribution >= 0.6 is 15.9 Å². The van der Waals surface area contributed by atoms with Gasteiger partial charge in [-0.1, -0.05) is 28.1 Å². The molecule has 0 bridgehead atoms. The van der Waals surface area contributed by atoms with Crippen LogP contribution in [0.3, 0.4) is 0 Å². The standard InChI is InChI=1S/C14H10BrFO/c15-12-5-1-10(2-6-12)9-14(17)11-3-7-13(16)8-4-11/h1-8H,9H2. The minimum absolute atomic E-state index is 0.00711. The minimum atomic E-state index is -0.329. The summed E-state index contributed by atoms with van der Waals surface area (Å²) in [6.45, 7) is 0. The summed E-state index contributed by atoms with van der Waals surface area (Å²) in [6, 6.07) is 13.2. The average molecular weight is 293 g/mol. The van der Waals surface area contributed by atoms with Crippen LogP contribution in [0.15, 0.2) is 53.0 Å². The second-order valence-corrected chi connectivity index (χ2v) is 4.65. The molecule has 0 spiro atoms. The molecular formula is C14H10BrFO. The fraction of sp³-hybridized carbons (Fsp3) is 0.0714. The summed E-state index contributed by atoms with van der Waals surface area (Å²) in [5.41, 5.74) is 1.48. The van der Waals surface area contributed by atoms with Gasteiger partial charge in [0.05, 0.1) is 0 Å². The quantitative estimate of drug-likeness (QED) is 0.781. The molecule has 0 N–H and O–H groups in total. The van der Waals surface area contributed by atoms with Crippen LogP contribution in [0.2, 0.25) is 0 Å². The third-order valence-corrected chi connectivity index (χ3v) is 2.97. The van der Waals surface area contributed by atoms with Crippen LogP contribution in [0.1, 0.15) is 15.9 Å². The molecule has 0 amide bonds. The number of halogens is 2. The van der Waals surface area contributed by atoms with Crippen LogP contribution in [-0.2, 0) is 6.42 Å². The van der Waals surface area contributed by atoms with Gasteiger partial charge in [-0.3, -0.25) is 4.79 Å². The maximum Gasteiger partial charge on any atom is 0.167 e. The number of rotatable bonds is 3. The van der Waals surface area contributed by atoms with Crippen molar-refractivity contribution in [2.75, 3.05) is 0 Å². The van der Waals surface area contributed by atoms with E-state index in [-0.39, 0.29) is 11.6 Å². The first-order valence-corrected chi connectivity index (χ1v) is 5.97. The fourth-order valence-electron chi connectivity index (χ4n) is 1.53. The summed E-state index contributed by atoms with van der Waals surface area (Å²) in [5.74, 6) is -0.336.